The van der Waals surface area contributed by atoms with Gasteiger partial charge in [0.2, 0.25) is 0 Å². The zero-order chi connectivity index (χ0) is 14.1. The molecule has 4 unspecified atom stereocenters. The van der Waals surface area contributed by atoms with Gasteiger partial charge in [-0.25, -0.2) is 0 Å². The van der Waals surface area contributed by atoms with Crippen molar-refractivity contribution in [3.05, 3.63) is 0 Å². The number of carbonyl (C=O) groups excluding carboxylic acids is 1. The van der Waals surface area contributed by atoms with Gasteiger partial charge in [0.05, 0.1) is 6.10 Å². The van der Waals surface area contributed by atoms with E-state index >= 15 is 0 Å². The largest absolute Gasteiger partial charge is 0.393 e. The van der Waals surface area contributed by atoms with Gasteiger partial charge < -0.3 is 5.11 Å². The highest BCUT2D eigenvalue weighted by molar-refractivity contribution is 5.82. The fraction of sp³-hybridized carbons (Fsp3) is 0.941. The minimum absolute atomic E-state index is 0.0985. The van der Waals surface area contributed by atoms with E-state index in [2.05, 4.69) is 11.8 Å². The van der Waals surface area contributed by atoms with Crippen molar-refractivity contribution >= 4 is 5.78 Å². The standard InChI is InChI=1S/C17H29NO2/c1-2-3-12-4-7-17(20)13(8-12)11-18-14-5-6-15(18)10-16(19)9-14/h12-16,19H,2-11H2,1H3. The Morgan fingerprint density at radius 1 is 1.15 bits per heavy atom. The highest BCUT2D eigenvalue weighted by Crippen LogP contribution is 2.38. The molecule has 114 valence electrons. The molecule has 0 aromatic rings. The van der Waals surface area contributed by atoms with Crippen LogP contribution in [0.1, 0.15) is 64.7 Å². The monoisotopic (exact) mass is 279 g/mol. The summed E-state index contributed by atoms with van der Waals surface area (Å²) in [6.45, 7) is 3.22. The Morgan fingerprint density at radius 2 is 1.85 bits per heavy atom. The van der Waals surface area contributed by atoms with Gasteiger partial charge in [-0.15, -0.1) is 0 Å². The second-order valence-corrected chi connectivity index (χ2v) is 7.30. The minimum atomic E-state index is -0.0985. The van der Waals surface area contributed by atoms with Gasteiger partial charge in [-0.3, -0.25) is 9.69 Å². The maximum atomic E-state index is 12.2. The van der Waals surface area contributed by atoms with Crippen LogP contribution in [0.15, 0.2) is 0 Å². The number of aliphatic hydroxyl groups is 1. The molecular formula is C17H29NO2. The van der Waals surface area contributed by atoms with Crippen LogP contribution in [-0.2, 0) is 4.79 Å². The Bertz CT molecular complexity index is 343. The van der Waals surface area contributed by atoms with E-state index in [1.54, 1.807) is 0 Å². The van der Waals surface area contributed by atoms with E-state index in [4.69, 9.17) is 0 Å². The fourth-order valence-electron chi connectivity index (χ4n) is 4.85. The van der Waals surface area contributed by atoms with Gasteiger partial charge in [-0.2, -0.15) is 0 Å². The quantitative estimate of drug-likeness (QED) is 0.860. The SMILES string of the molecule is CCCC1CCC(=O)C(CN2C3CCC2CC(O)C3)C1. The molecule has 3 heteroatoms. The van der Waals surface area contributed by atoms with E-state index in [1.807, 2.05) is 0 Å². The number of hydrogen-bond acceptors (Lipinski definition) is 3. The lowest BCUT2D eigenvalue weighted by Crippen LogP contribution is -2.48. The second-order valence-electron chi connectivity index (χ2n) is 7.30. The number of ketones is 1. The molecule has 3 nitrogen and oxygen atoms in total. The first-order valence-electron chi connectivity index (χ1n) is 8.64. The topological polar surface area (TPSA) is 40.5 Å². The van der Waals surface area contributed by atoms with Crippen LogP contribution in [-0.4, -0.2) is 40.5 Å². The first-order chi connectivity index (χ1) is 9.67. The molecule has 4 atom stereocenters. The molecule has 0 amide bonds. The summed E-state index contributed by atoms with van der Waals surface area (Å²) in [6, 6.07) is 1.09. The molecule has 0 aromatic carbocycles. The number of carbonyl (C=O) groups is 1. The van der Waals surface area contributed by atoms with Crippen LogP contribution >= 0.6 is 0 Å². The van der Waals surface area contributed by atoms with Crippen LogP contribution < -0.4 is 0 Å². The lowest BCUT2D eigenvalue weighted by atomic mass is 9.78. The Balaban J connectivity index is 1.60. The van der Waals surface area contributed by atoms with Gasteiger partial charge in [0.25, 0.3) is 0 Å². The smallest absolute Gasteiger partial charge is 0.137 e. The Hall–Kier alpha value is -0.410. The van der Waals surface area contributed by atoms with E-state index in [-0.39, 0.29) is 12.0 Å². The van der Waals surface area contributed by atoms with Gasteiger partial charge in [0.1, 0.15) is 5.78 Å². The number of fused-ring (bicyclic) bond motifs is 2. The molecule has 3 rings (SSSR count). The normalized spacial score (nSPS) is 42.1. The molecule has 2 heterocycles. The maximum Gasteiger partial charge on any atom is 0.137 e. The van der Waals surface area contributed by atoms with Gasteiger partial charge in [-0.05, 0) is 44.4 Å². The second kappa shape index (κ2) is 6.15. The molecule has 1 aliphatic carbocycles. The van der Waals surface area contributed by atoms with Gasteiger partial charge in [-0.1, -0.05) is 19.8 Å². The van der Waals surface area contributed by atoms with Crippen molar-refractivity contribution in [3.63, 3.8) is 0 Å². The maximum absolute atomic E-state index is 12.2. The Morgan fingerprint density at radius 3 is 2.50 bits per heavy atom. The number of aliphatic hydroxyl groups excluding tert-OH is 1. The molecule has 3 aliphatic rings. The summed E-state index contributed by atoms with van der Waals surface area (Å²) in [5.74, 6) is 1.55. The summed E-state index contributed by atoms with van der Waals surface area (Å²) in [7, 11) is 0. The number of nitrogens with zero attached hydrogens (tertiary/aromatic N) is 1. The molecule has 0 aromatic heterocycles. The van der Waals surface area contributed by atoms with Gasteiger partial charge >= 0.3 is 0 Å². The Labute approximate surface area is 122 Å². The summed E-state index contributed by atoms with van der Waals surface area (Å²) >= 11 is 0. The third kappa shape index (κ3) is 2.94. The van der Waals surface area contributed by atoms with Crippen molar-refractivity contribution < 1.29 is 9.90 Å². The van der Waals surface area contributed by atoms with Crippen LogP contribution in [0.4, 0.5) is 0 Å². The molecule has 1 saturated carbocycles. The predicted molar refractivity (Wildman–Crippen MR) is 79.5 cm³/mol. The average Bonchev–Trinajstić information content (AvgIpc) is 2.66. The predicted octanol–water partition coefficient (Wildman–Crippen LogP) is 2.76. The molecule has 1 N–H and O–H groups in total. The molecular weight excluding hydrogens is 250 g/mol. The van der Waals surface area contributed by atoms with E-state index < -0.39 is 0 Å². The lowest BCUT2D eigenvalue weighted by Gasteiger charge is -2.40. The summed E-state index contributed by atoms with van der Waals surface area (Å²) < 4.78 is 0. The molecule has 0 spiro atoms. The van der Waals surface area contributed by atoms with E-state index in [9.17, 15) is 9.90 Å². The first-order valence-corrected chi connectivity index (χ1v) is 8.64. The van der Waals surface area contributed by atoms with Crippen LogP contribution in [0.2, 0.25) is 0 Å². The number of rotatable bonds is 4. The molecule has 2 bridgehead atoms. The number of hydrogen-bond donors (Lipinski definition) is 1. The van der Waals surface area contributed by atoms with Gasteiger partial charge in [0.15, 0.2) is 0 Å². The zero-order valence-electron chi connectivity index (χ0n) is 12.8. The van der Waals surface area contributed by atoms with E-state index in [0.717, 1.165) is 44.6 Å². The first kappa shape index (κ1) is 14.5. The summed E-state index contributed by atoms with van der Waals surface area (Å²) in [6.07, 6.45) is 9.77. The number of piperidine rings is 1. The molecule has 0 radical (unpaired) electrons. The molecule has 2 aliphatic heterocycles. The minimum Gasteiger partial charge on any atom is -0.393 e. The van der Waals surface area contributed by atoms with Crippen LogP contribution in [0.5, 0.6) is 0 Å². The lowest BCUT2D eigenvalue weighted by molar-refractivity contribution is -0.127. The molecule has 3 fully saturated rings. The van der Waals surface area contributed by atoms with E-state index in [0.29, 0.717) is 17.9 Å². The summed E-state index contributed by atoms with van der Waals surface area (Å²) in [4.78, 5) is 14.8. The van der Waals surface area contributed by atoms with Gasteiger partial charge in [0, 0.05) is 31.0 Å². The van der Waals surface area contributed by atoms with Crippen molar-refractivity contribution in [1.29, 1.82) is 0 Å². The average molecular weight is 279 g/mol. The van der Waals surface area contributed by atoms with Crippen molar-refractivity contribution in [2.45, 2.75) is 82.9 Å². The summed E-state index contributed by atoms with van der Waals surface area (Å²) in [5.41, 5.74) is 0. The molecule has 2 saturated heterocycles. The van der Waals surface area contributed by atoms with Crippen molar-refractivity contribution in [2.24, 2.45) is 11.8 Å². The van der Waals surface area contributed by atoms with E-state index in [1.165, 1.54) is 25.7 Å². The highest BCUT2D eigenvalue weighted by Gasteiger charge is 2.42. The van der Waals surface area contributed by atoms with Crippen LogP contribution in [0, 0.1) is 11.8 Å². The fourth-order valence-corrected chi connectivity index (χ4v) is 4.85. The Kier molecular flexibility index (Phi) is 4.46. The third-order valence-corrected chi connectivity index (χ3v) is 5.86. The summed E-state index contributed by atoms with van der Waals surface area (Å²) in [5, 5.41) is 9.88. The van der Waals surface area contributed by atoms with Crippen molar-refractivity contribution in [3.8, 4) is 0 Å². The van der Waals surface area contributed by atoms with Crippen molar-refractivity contribution in [1.82, 2.24) is 4.90 Å². The highest BCUT2D eigenvalue weighted by atomic mass is 16.3. The van der Waals surface area contributed by atoms with Crippen LogP contribution in [0.3, 0.4) is 0 Å². The van der Waals surface area contributed by atoms with Crippen molar-refractivity contribution in [2.75, 3.05) is 6.54 Å². The zero-order valence-corrected chi connectivity index (χ0v) is 12.8. The third-order valence-electron chi connectivity index (χ3n) is 5.86. The number of Topliss-reactive ketones (excluding diaryl/α,β-unsaturated/α-hetero) is 1. The molecule has 20 heavy (non-hydrogen) atoms. The van der Waals surface area contributed by atoms with Crippen LogP contribution in [0.25, 0.3) is 0 Å².